The summed E-state index contributed by atoms with van der Waals surface area (Å²) in [6.45, 7) is 0. The van der Waals surface area contributed by atoms with Gasteiger partial charge in [0.2, 0.25) is 0 Å². The average Bonchev–Trinajstić information content (AvgIpc) is 2.72. The van der Waals surface area contributed by atoms with Crippen LogP contribution in [0.1, 0.15) is 50.1 Å². The summed E-state index contributed by atoms with van der Waals surface area (Å²) in [5.41, 5.74) is 7.74. The van der Waals surface area contributed by atoms with Gasteiger partial charge in [0.15, 0.2) is 0 Å². The van der Waals surface area contributed by atoms with Crippen molar-refractivity contribution < 1.29 is 4.42 Å². The number of hydrogen-bond acceptors (Lipinski definition) is 3. The van der Waals surface area contributed by atoms with Gasteiger partial charge in [0.25, 0.3) is 0 Å². The van der Waals surface area contributed by atoms with Crippen molar-refractivity contribution in [1.82, 2.24) is 4.90 Å². The SMILES string of the molecule is CN(C)C1(C(N)c2ccoc2)CCCCCC1. The molecular weight excluding hydrogens is 212 g/mol. The minimum absolute atomic E-state index is 0.0503. The lowest BCUT2D eigenvalue weighted by Gasteiger charge is -2.44. The molecule has 1 fully saturated rings. The molecule has 0 spiro atoms. The van der Waals surface area contributed by atoms with Gasteiger partial charge >= 0.3 is 0 Å². The lowest BCUT2D eigenvalue weighted by Crippen LogP contribution is -2.51. The van der Waals surface area contributed by atoms with Crippen molar-refractivity contribution in [2.45, 2.75) is 50.1 Å². The molecule has 1 heterocycles. The second-order valence-corrected chi connectivity index (χ2v) is 5.45. The Morgan fingerprint density at radius 1 is 1.24 bits per heavy atom. The highest BCUT2D eigenvalue weighted by Gasteiger charge is 2.40. The second kappa shape index (κ2) is 5.23. The normalized spacial score (nSPS) is 22.4. The van der Waals surface area contributed by atoms with Gasteiger partial charge in [-0.2, -0.15) is 0 Å². The third-order valence-corrected chi connectivity index (χ3v) is 4.34. The fraction of sp³-hybridized carbons (Fsp3) is 0.714. The van der Waals surface area contributed by atoms with Crippen molar-refractivity contribution in [3.05, 3.63) is 24.2 Å². The Morgan fingerprint density at radius 3 is 2.35 bits per heavy atom. The molecule has 1 aliphatic carbocycles. The first-order valence-corrected chi connectivity index (χ1v) is 6.62. The van der Waals surface area contributed by atoms with Crippen LogP contribution < -0.4 is 5.73 Å². The summed E-state index contributed by atoms with van der Waals surface area (Å²) in [6.07, 6.45) is 11.1. The maximum absolute atomic E-state index is 6.52. The summed E-state index contributed by atoms with van der Waals surface area (Å²) in [5, 5.41) is 0. The summed E-state index contributed by atoms with van der Waals surface area (Å²) in [6, 6.07) is 2.05. The van der Waals surface area contributed by atoms with Crippen molar-refractivity contribution >= 4 is 0 Å². The molecule has 1 unspecified atom stereocenters. The van der Waals surface area contributed by atoms with Crippen LogP contribution in [0.2, 0.25) is 0 Å². The molecule has 2 rings (SSSR count). The van der Waals surface area contributed by atoms with Crippen LogP contribution in [0.4, 0.5) is 0 Å². The van der Waals surface area contributed by atoms with Crippen LogP contribution in [-0.2, 0) is 0 Å². The number of furan rings is 1. The monoisotopic (exact) mass is 236 g/mol. The maximum Gasteiger partial charge on any atom is 0.0951 e. The van der Waals surface area contributed by atoms with E-state index >= 15 is 0 Å². The van der Waals surface area contributed by atoms with Crippen LogP contribution in [0, 0.1) is 0 Å². The van der Waals surface area contributed by atoms with Crippen LogP contribution in [0.3, 0.4) is 0 Å². The molecule has 1 aromatic heterocycles. The van der Waals surface area contributed by atoms with E-state index in [0.29, 0.717) is 0 Å². The van der Waals surface area contributed by atoms with Gasteiger partial charge in [0.05, 0.1) is 18.6 Å². The molecule has 0 amide bonds. The molecule has 3 heteroatoms. The van der Waals surface area contributed by atoms with Crippen molar-refractivity contribution in [2.75, 3.05) is 14.1 Å². The second-order valence-electron chi connectivity index (χ2n) is 5.45. The zero-order chi connectivity index (χ0) is 12.3. The quantitative estimate of drug-likeness (QED) is 0.820. The number of rotatable bonds is 3. The van der Waals surface area contributed by atoms with E-state index in [1.165, 1.54) is 38.5 Å². The molecule has 0 radical (unpaired) electrons. The molecule has 0 saturated heterocycles. The Hall–Kier alpha value is -0.800. The molecule has 17 heavy (non-hydrogen) atoms. The summed E-state index contributed by atoms with van der Waals surface area (Å²) in [4.78, 5) is 2.33. The minimum Gasteiger partial charge on any atom is -0.472 e. The summed E-state index contributed by atoms with van der Waals surface area (Å²) < 4.78 is 5.18. The molecular formula is C14H24N2O. The summed E-state index contributed by atoms with van der Waals surface area (Å²) in [7, 11) is 4.32. The highest BCUT2D eigenvalue weighted by molar-refractivity contribution is 5.18. The van der Waals surface area contributed by atoms with Gasteiger partial charge in [-0.1, -0.05) is 25.7 Å². The smallest absolute Gasteiger partial charge is 0.0951 e. The van der Waals surface area contributed by atoms with E-state index in [2.05, 4.69) is 19.0 Å². The predicted molar refractivity (Wildman–Crippen MR) is 69.8 cm³/mol. The van der Waals surface area contributed by atoms with E-state index in [1.807, 2.05) is 6.07 Å². The van der Waals surface area contributed by atoms with E-state index in [4.69, 9.17) is 10.2 Å². The fourth-order valence-corrected chi connectivity index (χ4v) is 3.14. The molecule has 0 aliphatic heterocycles. The zero-order valence-corrected chi connectivity index (χ0v) is 11.0. The van der Waals surface area contributed by atoms with Gasteiger partial charge in [-0.15, -0.1) is 0 Å². The molecule has 1 aromatic rings. The van der Waals surface area contributed by atoms with E-state index in [1.54, 1.807) is 12.5 Å². The first-order chi connectivity index (χ1) is 8.17. The Morgan fingerprint density at radius 2 is 1.88 bits per heavy atom. The van der Waals surface area contributed by atoms with Gasteiger partial charge in [-0.3, -0.25) is 0 Å². The molecule has 96 valence electrons. The summed E-state index contributed by atoms with van der Waals surface area (Å²) in [5.74, 6) is 0. The lowest BCUT2D eigenvalue weighted by atomic mass is 9.79. The maximum atomic E-state index is 6.52. The largest absolute Gasteiger partial charge is 0.472 e. The van der Waals surface area contributed by atoms with Gasteiger partial charge in [-0.25, -0.2) is 0 Å². The number of nitrogens with two attached hydrogens (primary N) is 1. The van der Waals surface area contributed by atoms with Crippen LogP contribution in [0.5, 0.6) is 0 Å². The Bertz CT molecular complexity index is 324. The van der Waals surface area contributed by atoms with Crippen LogP contribution >= 0.6 is 0 Å². The third kappa shape index (κ3) is 2.40. The van der Waals surface area contributed by atoms with Crippen molar-refractivity contribution in [2.24, 2.45) is 5.73 Å². The van der Waals surface area contributed by atoms with Crippen LogP contribution in [0.25, 0.3) is 0 Å². The topological polar surface area (TPSA) is 42.4 Å². The predicted octanol–water partition coefficient (Wildman–Crippen LogP) is 2.93. The molecule has 0 aromatic carbocycles. The number of nitrogens with zero attached hydrogens (tertiary/aromatic N) is 1. The van der Waals surface area contributed by atoms with E-state index in [0.717, 1.165) is 5.56 Å². The number of likely N-dealkylation sites (N-methyl/N-ethyl adjacent to an activating group) is 1. The van der Waals surface area contributed by atoms with Gasteiger partial charge in [-0.05, 0) is 33.0 Å². The van der Waals surface area contributed by atoms with Crippen molar-refractivity contribution in [3.8, 4) is 0 Å². The third-order valence-electron chi connectivity index (χ3n) is 4.34. The molecule has 1 saturated carbocycles. The first kappa shape index (κ1) is 12.7. The highest BCUT2D eigenvalue weighted by Crippen LogP contribution is 2.39. The zero-order valence-electron chi connectivity index (χ0n) is 11.0. The standard InChI is InChI=1S/C14H24N2O/c1-16(2)14(8-5-3-4-6-9-14)13(15)12-7-10-17-11-12/h7,10-11,13H,3-6,8-9,15H2,1-2H3. The van der Waals surface area contributed by atoms with Gasteiger partial charge in [0.1, 0.15) is 0 Å². The molecule has 2 N–H and O–H groups in total. The van der Waals surface area contributed by atoms with Crippen molar-refractivity contribution in [3.63, 3.8) is 0 Å². The Labute approximate surface area is 104 Å². The molecule has 1 aliphatic rings. The van der Waals surface area contributed by atoms with Gasteiger partial charge < -0.3 is 15.1 Å². The minimum atomic E-state index is 0.0503. The Kier molecular flexibility index (Phi) is 3.89. The molecule has 3 nitrogen and oxygen atoms in total. The lowest BCUT2D eigenvalue weighted by molar-refractivity contribution is 0.0966. The van der Waals surface area contributed by atoms with Crippen LogP contribution in [-0.4, -0.2) is 24.5 Å². The molecule has 0 bridgehead atoms. The number of hydrogen-bond donors (Lipinski definition) is 1. The van der Waals surface area contributed by atoms with Crippen molar-refractivity contribution in [1.29, 1.82) is 0 Å². The fourth-order valence-electron chi connectivity index (χ4n) is 3.14. The Balaban J connectivity index is 2.26. The van der Waals surface area contributed by atoms with Gasteiger partial charge in [0, 0.05) is 11.1 Å². The average molecular weight is 236 g/mol. The first-order valence-electron chi connectivity index (χ1n) is 6.62. The van der Waals surface area contributed by atoms with Crippen LogP contribution in [0.15, 0.2) is 23.0 Å². The highest BCUT2D eigenvalue weighted by atomic mass is 16.3. The molecule has 1 atom stereocenters. The van der Waals surface area contributed by atoms with E-state index in [9.17, 15) is 0 Å². The van der Waals surface area contributed by atoms with E-state index in [-0.39, 0.29) is 11.6 Å². The summed E-state index contributed by atoms with van der Waals surface area (Å²) >= 11 is 0. The van der Waals surface area contributed by atoms with E-state index < -0.39 is 0 Å².